The van der Waals surface area contributed by atoms with Crippen LogP contribution >= 0.6 is 11.6 Å². The van der Waals surface area contributed by atoms with Crippen molar-refractivity contribution in [3.05, 3.63) is 117 Å². The second-order valence-electron chi connectivity index (χ2n) is 8.55. The molecule has 39 heavy (non-hydrogen) atoms. The molecule has 0 radical (unpaired) electrons. The highest BCUT2D eigenvalue weighted by atomic mass is 35.5. The smallest absolute Gasteiger partial charge is 0.291 e. The molecular weight excluding hydrogens is 522 g/mol. The van der Waals surface area contributed by atoms with Crippen molar-refractivity contribution >= 4 is 46.4 Å². The molecule has 1 aromatic heterocycles. The molecule has 0 aliphatic heterocycles. The first kappa shape index (κ1) is 27.3. The van der Waals surface area contributed by atoms with Gasteiger partial charge >= 0.3 is 0 Å². The van der Waals surface area contributed by atoms with Gasteiger partial charge in [0.05, 0.1) is 11.5 Å². The lowest BCUT2D eigenvalue weighted by molar-refractivity contribution is -0.384. The first-order valence-electron chi connectivity index (χ1n) is 11.8. The van der Waals surface area contributed by atoms with Crippen molar-refractivity contribution in [2.24, 2.45) is 0 Å². The lowest BCUT2D eigenvalue weighted by Gasteiger charge is -2.17. The highest BCUT2D eigenvalue weighted by Crippen LogP contribution is 2.31. The van der Waals surface area contributed by atoms with E-state index in [-0.39, 0.29) is 34.6 Å². The number of carbonyl (C=O) groups excluding carboxylic acids is 2. The molecule has 4 rings (SSSR count). The van der Waals surface area contributed by atoms with Crippen LogP contribution in [0.5, 0.6) is 0 Å². The molecule has 10 heteroatoms. The van der Waals surface area contributed by atoms with Crippen LogP contribution in [0.3, 0.4) is 0 Å². The second kappa shape index (κ2) is 12.2. The molecule has 0 unspecified atom stereocenters. The molecule has 0 fully saturated rings. The number of rotatable bonds is 10. The van der Waals surface area contributed by atoms with Gasteiger partial charge in [0, 0.05) is 42.2 Å². The van der Waals surface area contributed by atoms with Crippen LogP contribution in [0, 0.1) is 10.1 Å². The number of hydrogen-bond donors (Lipinski definition) is 2. The lowest BCUT2D eigenvalue weighted by atomic mass is 10.1. The quantitative estimate of drug-likeness (QED) is 0.107. The first-order valence-corrected chi connectivity index (χ1v) is 12.2. The normalized spacial score (nSPS) is 10.9. The maximum absolute atomic E-state index is 12.6. The maximum atomic E-state index is 12.6. The molecule has 3 aromatic carbocycles. The lowest BCUT2D eigenvalue weighted by Crippen LogP contribution is -2.20. The Morgan fingerprint density at radius 3 is 2.44 bits per heavy atom. The molecule has 0 spiro atoms. The minimum Gasteiger partial charge on any atom is -0.451 e. The molecule has 2 N–H and O–H groups in total. The largest absolute Gasteiger partial charge is 0.451 e. The van der Waals surface area contributed by atoms with E-state index >= 15 is 0 Å². The van der Waals surface area contributed by atoms with Gasteiger partial charge < -0.3 is 19.7 Å². The molecule has 0 aliphatic rings. The highest BCUT2D eigenvalue weighted by Gasteiger charge is 2.17. The fourth-order valence-corrected chi connectivity index (χ4v) is 3.91. The van der Waals surface area contributed by atoms with E-state index in [1.165, 1.54) is 30.3 Å². The zero-order valence-electron chi connectivity index (χ0n) is 20.8. The van der Waals surface area contributed by atoms with Crippen molar-refractivity contribution in [2.45, 2.75) is 0 Å². The first-order chi connectivity index (χ1) is 18.7. The average Bonchev–Trinajstić information content (AvgIpc) is 3.43. The number of amides is 1. The van der Waals surface area contributed by atoms with Gasteiger partial charge in [-0.3, -0.25) is 19.7 Å². The zero-order valence-corrected chi connectivity index (χ0v) is 21.6. The van der Waals surface area contributed by atoms with Crippen LogP contribution in [0.2, 0.25) is 5.02 Å². The van der Waals surface area contributed by atoms with E-state index in [2.05, 4.69) is 5.32 Å². The Labute approximate surface area is 229 Å². The minimum atomic E-state index is -0.593. The Morgan fingerprint density at radius 2 is 1.77 bits per heavy atom. The standard InChI is InChI=1S/C29H24ClN3O6/c1-32(16-17-34)23-10-2-19(3-11-23)4-13-26(35)20-5-8-22(9-6-20)31-29(36)28-15-14-27(39-28)21-7-12-24(30)25(18-21)33(37)38/h2-15,18,34H,16-17H2,1H3,(H,31,36)/b13-4+. The number of nitro benzene ring substituents is 1. The summed E-state index contributed by atoms with van der Waals surface area (Å²) in [4.78, 5) is 37.7. The van der Waals surface area contributed by atoms with Crippen LogP contribution in [-0.4, -0.2) is 41.9 Å². The minimum absolute atomic E-state index is 0.00249. The third-order valence-electron chi connectivity index (χ3n) is 5.88. The van der Waals surface area contributed by atoms with Gasteiger partial charge in [0.1, 0.15) is 10.8 Å². The fraction of sp³-hybridized carbons (Fsp3) is 0.103. The summed E-state index contributed by atoms with van der Waals surface area (Å²) in [5.74, 6) is -0.419. The number of furan rings is 1. The summed E-state index contributed by atoms with van der Waals surface area (Å²) >= 11 is 5.86. The number of benzene rings is 3. The Balaban J connectivity index is 1.37. The van der Waals surface area contributed by atoms with Gasteiger partial charge in [-0.2, -0.15) is 0 Å². The topological polar surface area (TPSA) is 126 Å². The molecule has 198 valence electrons. The number of halogens is 1. The predicted molar refractivity (Wildman–Crippen MR) is 150 cm³/mol. The van der Waals surface area contributed by atoms with Gasteiger partial charge in [-0.05, 0) is 72.3 Å². The number of ketones is 1. The van der Waals surface area contributed by atoms with Crippen LogP contribution in [-0.2, 0) is 0 Å². The number of likely N-dealkylation sites (N-methyl/N-ethyl adjacent to an activating group) is 1. The maximum Gasteiger partial charge on any atom is 0.291 e. The SMILES string of the molecule is CN(CCO)c1ccc(/C=C/C(=O)c2ccc(NC(=O)c3ccc(-c4ccc(Cl)c([N+](=O)[O-])c4)o3)cc2)cc1. The van der Waals surface area contributed by atoms with Gasteiger partial charge in [-0.25, -0.2) is 0 Å². The van der Waals surface area contributed by atoms with Crippen molar-refractivity contribution in [1.82, 2.24) is 0 Å². The van der Waals surface area contributed by atoms with Crippen molar-refractivity contribution in [2.75, 3.05) is 30.4 Å². The van der Waals surface area contributed by atoms with E-state index < -0.39 is 10.8 Å². The molecule has 0 atom stereocenters. The number of hydrogen-bond acceptors (Lipinski definition) is 7. The number of nitro groups is 1. The van der Waals surface area contributed by atoms with Crippen LogP contribution in [0.15, 0.2) is 89.4 Å². The van der Waals surface area contributed by atoms with Gasteiger partial charge in [0.25, 0.3) is 11.6 Å². The van der Waals surface area contributed by atoms with E-state index in [9.17, 15) is 19.7 Å². The molecule has 4 aromatic rings. The van der Waals surface area contributed by atoms with Crippen LogP contribution in [0.1, 0.15) is 26.5 Å². The molecule has 1 amide bonds. The number of aliphatic hydroxyl groups excluding tert-OH is 1. The Morgan fingerprint density at radius 1 is 1.05 bits per heavy atom. The molecule has 0 saturated heterocycles. The summed E-state index contributed by atoms with van der Waals surface area (Å²) in [6.45, 7) is 0.598. The van der Waals surface area contributed by atoms with Crippen molar-refractivity contribution < 1.29 is 24.0 Å². The molecule has 0 aliphatic carbocycles. The van der Waals surface area contributed by atoms with Crippen LogP contribution in [0.4, 0.5) is 17.1 Å². The van der Waals surface area contributed by atoms with Gasteiger partial charge in [0.15, 0.2) is 11.5 Å². The summed E-state index contributed by atoms with van der Waals surface area (Å²) in [5.41, 5.74) is 2.88. The third kappa shape index (κ3) is 6.78. The zero-order chi connectivity index (χ0) is 27.9. The molecule has 0 bridgehead atoms. The van der Waals surface area contributed by atoms with E-state index in [4.69, 9.17) is 21.1 Å². The molecular formula is C29H24ClN3O6. The average molecular weight is 546 g/mol. The van der Waals surface area contributed by atoms with E-state index in [1.54, 1.807) is 36.4 Å². The predicted octanol–water partition coefficient (Wildman–Crippen LogP) is 6.09. The monoisotopic (exact) mass is 545 g/mol. The number of nitrogens with one attached hydrogen (secondary N) is 1. The number of nitrogens with zero attached hydrogens (tertiary/aromatic N) is 2. The molecule has 0 saturated carbocycles. The Kier molecular flexibility index (Phi) is 8.55. The second-order valence-corrected chi connectivity index (χ2v) is 8.96. The Bertz CT molecular complexity index is 1530. The summed E-state index contributed by atoms with van der Waals surface area (Å²) in [6, 6.07) is 21.3. The van der Waals surface area contributed by atoms with Crippen molar-refractivity contribution in [3.8, 4) is 11.3 Å². The fourth-order valence-electron chi connectivity index (χ4n) is 3.72. The number of allylic oxidation sites excluding steroid dienone is 1. The van der Waals surface area contributed by atoms with Crippen LogP contribution < -0.4 is 10.2 Å². The summed E-state index contributed by atoms with van der Waals surface area (Å²) < 4.78 is 5.59. The molecule has 9 nitrogen and oxygen atoms in total. The number of carbonyl (C=O) groups is 2. The van der Waals surface area contributed by atoms with Crippen molar-refractivity contribution in [1.29, 1.82) is 0 Å². The van der Waals surface area contributed by atoms with E-state index in [0.717, 1.165) is 11.3 Å². The van der Waals surface area contributed by atoms with E-state index in [1.807, 2.05) is 36.2 Å². The summed E-state index contributed by atoms with van der Waals surface area (Å²) in [5, 5.41) is 22.9. The Hall–Kier alpha value is -4.73. The summed E-state index contributed by atoms with van der Waals surface area (Å²) in [7, 11) is 1.89. The highest BCUT2D eigenvalue weighted by molar-refractivity contribution is 6.32. The van der Waals surface area contributed by atoms with Gasteiger partial charge in [-0.1, -0.05) is 29.8 Å². The van der Waals surface area contributed by atoms with Crippen molar-refractivity contribution in [3.63, 3.8) is 0 Å². The number of aliphatic hydroxyl groups is 1. The van der Waals surface area contributed by atoms with E-state index in [0.29, 0.717) is 23.4 Å². The molecule has 1 heterocycles. The van der Waals surface area contributed by atoms with Gasteiger partial charge in [-0.15, -0.1) is 0 Å². The number of anilines is 2. The van der Waals surface area contributed by atoms with Crippen LogP contribution in [0.25, 0.3) is 17.4 Å². The third-order valence-corrected chi connectivity index (χ3v) is 6.20. The van der Waals surface area contributed by atoms with Gasteiger partial charge in [0.2, 0.25) is 0 Å². The summed E-state index contributed by atoms with van der Waals surface area (Å²) in [6.07, 6.45) is 3.20.